The van der Waals surface area contributed by atoms with Crippen molar-refractivity contribution in [2.45, 2.75) is 26.7 Å². The van der Waals surface area contributed by atoms with E-state index in [1.54, 1.807) is 12.1 Å². The molecule has 20 heavy (non-hydrogen) atoms. The highest BCUT2D eigenvalue weighted by Crippen LogP contribution is 2.31. The van der Waals surface area contributed by atoms with E-state index in [2.05, 4.69) is 5.32 Å². The van der Waals surface area contributed by atoms with Crippen molar-refractivity contribution in [1.82, 2.24) is 0 Å². The molecular formula is C14H22N2O4. The molecule has 0 saturated heterocycles. The Hall–Kier alpha value is -1.82. The molecule has 6 heteroatoms. The zero-order valence-corrected chi connectivity index (χ0v) is 12.2. The van der Waals surface area contributed by atoms with Crippen LogP contribution in [0.3, 0.4) is 0 Å². The van der Waals surface area contributed by atoms with Crippen LogP contribution in [0.5, 0.6) is 5.75 Å². The van der Waals surface area contributed by atoms with Gasteiger partial charge in [-0.3, -0.25) is 10.1 Å². The number of methoxy groups -OCH3 is 1. The van der Waals surface area contributed by atoms with Gasteiger partial charge in [0.2, 0.25) is 0 Å². The van der Waals surface area contributed by atoms with Gasteiger partial charge in [-0.2, -0.15) is 0 Å². The number of nitro groups is 1. The first kappa shape index (κ1) is 16.2. The minimum absolute atomic E-state index is 0.0246. The number of ether oxygens (including phenoxy) is 1. The van der Waals surface area contributed by atoms with Gasteiger partial charge in [-0.1, -0.05) is 13.8 Å². The first-order valence-electron chi connectivity index (χ1n) is 6.69. The average Bonchev–Trinajstić information content (AvgIpc) is 2.49. The molecule has 1 rings (SSSR count). The Morgan fingerprint density at radius 3 is 2.50 bits per heavy atom. The monoisotopic (exact) mass is 282 g/mol. The van der Waals surface area contributed by atoms with E-state index in [1.807, 2.05) is 13.8 Å². The zero-order valence-electron chi connectivity index (χ0n) is 12.2. The minimum atomic E-state index is -0.441. The maximum Gasteiger partial charge on any atom is 0.296 e. The van der Waals surface area contributed by atoms with Crippen LogP contribution < -0.4 is 10.1 Å². The number of nitrogens with one attached hydrogen (secondary N) is 1. The predicted octanol–water partition coefficient (Wildman–Crippen LogP) is 2.81. The van der Waals surface area contributed by atoms with Gasteiger partial charge in [-0.25, -0.2) is 0 Å². The van der Waals surface area contributed by atoms with Gasteiger partial charge in [0.25, 0.3) is 5.69 Å². The lowest BCUT2D eigenvalue weighted by molar-refractivity contribution is -0.384. The van der Waals surface area contributed by atoms with Crippen molar-refractivity contribution in [1.29, 1.82) is 0 Å². The fourth-order valence-electron chi connectivity index (χ4n) is 2.00. The van der Waals surface area contributed by atoms with Gasteiger partial charge in [0.05, 0.1) is 24.7 Å². The van der Waals surface area contributed by atoms with Crippen molar-refractivity contribution in [2.24, 2.45) is 5.41 Å². The molecule has 0 amide bonds. The first-order valence-corrected chi connectivity index (χ1v) is 6.69. The van der Waals surface area contributed by atoms with E-state index >= 15 is 0 Å². The summed E-state index contributed by atoms with van der Waals surface area (Å²) in [6.07, 6.45) is 1.61. The summed E-state index contributed by atoms with van der Waals surface area (Å²) in [7, 11) is 1.47. The number of benzene rings is 1. The van der Waals surface area contributed by atoms with Gasteiger partial charge in [0.15, 0.2) is 0 Å². The number of aliphatic hydroxyl groups excluding tert-OH is 1. The molecule has 0 aliphatic carbocycles. The van der Waals surface area contributed by atoms with Gasteiger partial charge in [0.1, 0.15) is 11.4 Å². The molecule has 6 nitrogen and oxygen atoms in total. The SMILES string of the molecule is CCC(CC)(CO)CNc1ccc(OC)cc1[N+](=O)[O-]. The summed E-state index contributed by atoms with van der Waals surface area (Å²) in [6.45, 7) is 4.55. The van der Waals surface area contributed by atoms with Crippen LogP contribution in [0, 0.1) is 15.5 Å². The maximum absolute atomic E-state index is 11.1. The minimum Gasteiger partial charge on any atom is -0.496 e. The van der Waals surface area contributed by atoms with Gasteiger partial charge < -0.3 is 15.2 Å². The molecule has 1 aromatic rings. The molecule has 0 atom stereocenters. The molecule has 0 heterocycles. The van der Waals surface area contributed by atoms with E-state index in [-0.39, 0.29) is 17.7 Å². The first-order chi connectivity index (χ1) is 9.51. The summed E-state index contributed by atoms with van der Waals surface area (Å²) >= 11 is 0. The topological polar surface area (TPSA) is 84.6 Å². The normalized spacial score (nSPS) is 11.2. The van der Waals surface area contributed by atoms with Crippen molar-refractivity contribution in [2.75, 3.05) is 25.6 Å². The van der Waals surface area contributed by atoms with Crippen molar-refractivity contribution < 1.29 is 14.8 Å². The van der Waals surface area contributed by atoms with Gasteiger partial charge in [-0.15, -0.1) is 0 Å². The molecule has 0 aromatic heterocycles. The van der Waals surface area contributed by atoms with Gasteiger partial charge >= 0.3 is 0 Å². The van der Waals surface area contributed by atoms with Crippen LogP contribution in [0.4, 0.5) is 11.4 Å². The number of hydrogen-bond donors (Lipinski definition) is 2. The van der Waals surface area contributed by atoms with Crippen molar-refractivity contribution in [3.63, 3.8) is 0 Å². The fraction of sp³-hybridized carbons (Fsp3) is 0.571. The fourth-order valence-corrected chi connectivity index (χ4v) is 2.00. The lowest BCUT2D eigenvalue weighted by Gasteiger charge is -2.29. The Labute approximate surface area is 118 Å². The molecule has 0 aliphatic rings. The number of anilines is 1. The summed E-state index contributed by atoms with van der Waals surface area (Å²) in [6, 6.07) is 4.69. The lowest BCUT2D eigenvalue weighted by atomic mass is 9.83. The van der Waals surface area contributed by atoms with Gasteiger partial charge in [-0.05, 0) is 25.0 Å². The molecule has 2 N–H and O–H groups in total. The molecule has 0 saturated carbocycles. The number of nitrogens with zero attached hydrogens (tertiary/aromatic N) is 1. The van der Waals surface area contributed by atoms with E-state index in [9.17, 15) is 15.2 Å². The summed E-state index contributed by atoms with van der Waals surface area (Å²) in [5.74, 6) is 0.446. The number of aliphatic hydroxyl groups is 1. The van der Waals surface area contributed by atoms with Crippen molar-refractivity contribution in [3.8, 4) is 5.75 Å². The number of hydrogen-bond acceptors (Lipinski definition) is 5. The molecule has 0 fully saturated rings. The Morgan fingerprint density at radius 1 is 1.40 bits per heavy atom. The number of rotatable bonds is 8. The standard InChI is InChI=1S/C14H22N2O4/c1-4-14(5-2,10-17)9-15-12-7-6-11(20-3)8-13(12)16(18)19/h6-8,15,17H,4-5,9-10H2,1-3H3. The van der Waals surface area contributed by atoms with Crippen LogP contribution in [0.1, 0.15) is 26.7 Å². The molecule has 0 spiro atoms. The van der Waals surface area contributed by atoms with Crippen LogP contribution in [0.15, 0.2) is 18.2 Å². The second-order valence-corrected chi connectivity index (χ2v) is 4.86. The van der Waals surface area contributed by atoms with Crippen molar-refractivity contribution >= 4 is 11.4 Å². The Balaban J connectivity index is 2.94. The molecule has 0 unspecified atom stereocenters. The third kappa shape index (κ3) is 3.60. The molecule has 0 radical (unpaired) electrons. The molecule has 1 aromatic carbocycles. The van der Waals surface area contributed by atoms with Crippen LogP contribution >= 0.6 is 0 Å². The maximum atomic E-state index is 11.1. The lowest BCUT2D eigenvalue weighted by Crippen LogP contribution is -2.32. The van der Waals surface area contributed by atoms with E-state index in [0.29, 0.717) is 18.0 Å². The molecular weight excluding hydrogens is 260 g/mol. The van der Waals surface area contributed by atoms with E-state index < -0.39 is 4.92 Å². The second kappa shape index (κ2) is 7.09. The Morgan fingerprint density at radius 2 is 2.05 bits per heavy atom. The summed E-state index contributed by atoms with van der Waals surface area (Å²) in [4.78, 5) is 10.6. The largest absolute Gasteiger partial charge is 0.496 e. The summed E-state index contributed by atoms with van der Waals surface area (Å²) < 4.78 is 5.00. The molecule has 112 valence electrons. The highest BCUT2D eigenvalue weighted by atomic mass is 16.6. The Bertz CT molecular complexity index is 450. The average molecular weight is 282 g/mol. The van der Waals surface area contributed by atoms with E-state index in [4.69, 9.17) is 4.74 Å². The van der Waals surface area contributed by atoms with Gasteiger partial charge in [0, 0.05) is 12.0 Å². The predicted molar refractivity (Wildman–Crippen MR) is 78.2 cm³/mol. The quantitative estimate of drug-likeness (QED) is 0.565. The van der Waals surface area contributed by atoms with Crippen LogP contribution in [0.25, 0.3) is 0 Å². The summed E-state index contributed by atoms with van der Waals surface area (Å²) in [5.41, 5.74) is 0.160. The highest BCUT2D eigenvalue weighted by molar-refractivity contribution is 5.64. The third-order valence-electron chi connectivity index (χ3n) is 3.89. The van der Waals surface area contributed by atoms with E-state index in [1.165, 1.54) is 13.2 Å². The Kier molecular flexibility index (Phi) is 5.76. The highest BCUT2D eigenvalue weighted by Gasteiger charge is 2.26. The number of nitro benzene ring substituents is 1. The summed E-state index contributed by atoms with van der Waals surface area (Å²) in [5, 5.41) is 23.7. The van der Waals surface area contributed by atoms with Crippen LogP contribution in [0.2, 0.25) is 0 Å². The zero-order chi connectivity index (χ0) is 15.2. The molecule has 0 bridgehead atoms. The smallest absolute Gasteiger partial charge is 0.296 e. The van der Waals surface area contributed by atoms with Crippen LogP contribution in [-0.4, -0.2) is 30.3 Å². The van der Waals surface area contributed by atoms with E-state index in [0.717, 1.165) is 12.8 Å². The third-order valence-corrected chi connectivity index (χ3v) is 3.89. The van der Waals surface area contributed by atoms with Crippen LogP contribution in [-0.2, 0) is 0 Å². The second-order valence-electron chi connectivity index (χ2n) is 4.86. The van der Waals surface area contributed by atoms with Crippen molar-refractivity contribution in [3.05, 3.63) is 28.3 Å². The molecule has 0 aliphatic heterocycles.